The number of ether oxygens (including phenoxy) is 2. The highest BCUT2D eigenvalue weighted by molar-refractivity contribution is 7.10. The molecule has 2 amide bonds. The molecule has 1 aromatic carbocycles. The van der Waals surface area contributed by atoms with E-state index in [1.807, 2.05) is 28.4 Å². The van der Waals surface area contributed by atoms with Crippen molar-refractivity contribution in [3.05, 3.63) is 45.1 Å². The number of hydrogen-bond acceptors (Lipinski definition) is 5. The van der Waals surface area contributed by atoms with Crippen LogP contribution in [0.5, 0.6) is 11.5 Å². The maximum atomic E-state index is 12.6. The molecular weight excluding hydrogens is 374 g/mol. The molecule has 4 rings (SSSR count). The molecule has 28 heavy (non-hydrogen) atoms. The highest BCUT2D eigenvalue weighted by Crippen LogP contribution is 2.33. The monoisotopic (exact) mass is 401 g/mol. The predicted molar refractivity (Wildman–Crippen MR) is 110 cm³/mol. The van der Waals surface area contributed by atoms with E-state index in [9.17, 15) is 4.79 Å². The van der Waals surface area contributed by atoms with Gasteiger partial charge in [-0.25, -0.2) is 4.79 Å². The van der Waals surface area contributed by atoms with E-state index in [1.54, 1.807) is 14.2 Å². The molecule has 2 aromatic rings. The van der Waals surface area contributed by atoms with Crippen LogP contribution in [0.3, 0.4) is 0 Å². The summed E-state index contributed by atoms with van der Waals surface area (Å²) in [6.45, 7) is 4.94. The van der Waals surface area contributed by atoms with E-state index < -0.39 is 0 Å². The van der Waals surface area contributed by atoms with Crippen molar-refractivity contribution in [1.82, 2.24) is 15.1 Å². The lowest BCUT2D eigenvalue weighted by atomic mass is 9.99. The smallest absolute Gasteiger partial charge is 0.317 e. The van der Waals surface area contributed by atoms with Gasteiger partial charge in [0.2, 0.25) is 0 Å². The number of carbonyl (C=O) groups excluding carboxylic acids is 1. The summed E-state index contributed by atoms with van der Waals surface area (Å²) < 4.78 is 10.8. The second-order valence-electron chi connectivity index (χ2n) is 7.27. The summed E-state index contributed by atoms with van der Waals surface area (Å²) in [7, 11) is 3.28. The Morgan fingerprint density at radius 2 is 1.86 bits per heavy atom. The molecule has 7 heteroatoms. The number of nitrogens with one attached hydrogen (secondary N) is 1. The van der Waals surface area contributed by atoms with Gasteiger partial charge < -0.3 is 19.7 Å². The standard InChI is InChI=1S/C21H27N3O3S/c1-26-18-11-15-3-8-24(14-17(15)12-19(18)27-2)21(25)22-6-9-23-7-4-20-16(13-23)5-10-28-20/h5,10-12H,3-4,6-9,13-14H2,1-2H3,(H,22,25). The first-order valence-corrected chi connectivity index (χ1v) is 10.6. The number of nitrogens with zero attached hydrogens (tertiary/aromatic N) is 2. The summed E-state index contributed by atoms with van der Waals surface area (Å²) >= 11 is 1.85. The van der Waals surface area contributed by atoms with Crippen LogP contribution in [0.15, 0.2) is 23.6 Å². The van der Waals surface area contributed by atoms with Crippen molar-refractivity contribution in [3.63, 3.8) is 0 Å². The first kappa shape index (κ1) is 19.1. The number of thiophene rings is 1. The minimum absolute atomic E-state index is 0.00802. The molecule has 2 aliphatic heterocycles. The number of rotatable bonds is 5. The number of amides is 2. The fourth-order valence-corrected chi connectivity index (χ4v) is 4.88. The molecule has 0 saturated carbocycles. The summed E-state index contributed by atoms with van der Waals surface area (Å²) in [4.78, 5) is 18.4. The lowest BCUT2D eigenvalue weighted by molar-refractivity contribution is 0.188. The van der Waals surface area contributed by atoms with Gasteiger partial charge in [-0.15, -0.1) is 11.3 Å². The largest absolute Gasteiger partial charge is 0.493 e. The Bertz CT molecular complexity index is 851. The van der Waals surface area contributed by atoms with E-state index >= 15 is 0 Å². The zero-order valence-electron chi connectivity index (χ0n) is 16.5. The van der Waals surface area contributed by atoms with Crippen LogP contribution in [0, 0.1) is 0 Å². The molecule has 0 aliphatic carbocycles. The molecule has 0 bridgehead atoms. The van der Waals surface area contributed by atoms with E-state index in [4.69, 9.17) is 9.47 Å². The van der Waals surface area contributed by atoms with Crippen LogP contribution in [0.25, 0.3) is 0 Å². The highest BCUT2D eigenvalue weighted by Gasteiger charge is 2.23. The van der Waals surface area contributed by atoms with Crippen LogP contribution in [0.1, 0.15) is 21.6 Å². The van der Waals surface area contributed by atoms with Crippen molar-refractivity contribution in [2.75, 3.05) is 40.4 Å². The van der Waals surface area contributed by atoms with Crippen LogP contribution >= 0.6 is 11.3 Å². The van der Waals surface area contributed by atoms with E-state index in [0.717, 1.165) is 50.3 Å². The van der Waals surface area contributed by atoms with Crippen LogP contribution < -0.4 is 14.8 Å². The molecule has 150 valence electrons. The Kier molecular flexibility index (Phi) is 5.73. The van der Waals surface area contributed by atoms with E-state index in [0.29, 0.717) is 18.8 Å². The second kappa shape index (κ2) is 8.41. The Hall–Kier alpha value is -2.25. The molecular formula is C21H27N3O3S. The number of hydrogen-bond donors (Lipinski definition) is 1. The summed E-state index contributed by atoms with van der Waals surface area (Å²) in [5.74, 6) is 1.45. The van der Waals surface area contributed by atoms with Gasteiger partial charge in [-0.05, 0) is 53.1 Å². The molecule has 1 aromatic heterocycles. The Labute approximate surface area is 170 Å². The van der Waals surface area contributed by atoms with Crippen LogP contribution in [0.2, 0.25) is 0 Å². The van der Waals surface area contributed by atoms with Crippen molar-refractivity contribution in [1.29, 1.82) is 0 Å². The number of benzene rings is 1. The number of carbonyl (C=O) groups is 1. The second-order valence-corrected chi connectivity index (χ2v) is 8.28. The number of methoxy groups -OCH3 is 2. The molecule has 2 aliphatic rings. The Balaban J connectivity index is 1.29. The zero-order valence-corrected chi connectivity index (χ0v) is 17.3. The Morgan fingerprint density at radius 3 is 2.64 bits per heavy atom. The molecule has 0 atom stereocenters. The van der Waals surface area contributed by atoms with Crippen LogP contribution in [-0.2, 0) is 25.9 Å². The number of urea groups is 1. The first-order valence-electron chi connectivity index (χ1n) is 9.72. The van der Waals surface area contributed by atoms with Gasteiger partial charge in [0.25, 0.3) is 0 Å². The fourth-order valence-electron chi connectivity index (χ4n) is 3.99. The van der Waals surface area contributed by atoms with Gasteiger partial charge in [0.1, 0.15) is 0 Å². The third-order valence-electron chi connectivity index (χ3n) is 5.60. The SMILES string of the molecule is COc1cc2c(cc1OC)CN(C(=O)NCCN1CCc3sccc3C1)CC2. The maximum absolute atomic E-state index is 12.6. The van der Waals surface area contributed by atoms with Crippen molar-refractivity contribution < 1.29 is 14.3 Å². The summed E-state index contributed by atoms with van der Waals surface area (Å²) in [6.07, 6.45) is 1.95. The normalized spacial score (nSPS) is 16.3. The molecule has 3 heterocycles. The maximum Gasteiger partial charge on any atom is 0.317 e. The molecule has 6 nitrogen and oxygen atoms in total. The molecule has 0 unspecified atom stereocenters. The van der Waals surface area contributed by atoms with Gasteiger partial charge >= 0.3 is 6.03 Å². The quantitative estimate of drug-likeness (QED) is 0.837. The van der Waals surface area contributed by atoms with E-state index in [-0.39, 0.29) is 6.03 Å². The van der Waals surface area contributed by atoms with Gasteiger partial charge in [-0.2, -0.15) is 0 Å². The topological polar surface area (TPSA) is 54.0 Å². The Morgan fingerprint density at radius 1 is 1.07 bits per heavy atom. The fraction of sp³-hybridized carbons (Fsp3) is 0.476. The molecule has 0 fully saturated rings. The average Bonchev–Trinajstić information content (AvgIpc) is 3.20. The van der Waals surface area contributed by atoms with Crippen LogP contribution in [-0.4, -0.2) is 56.2 Å². The minimum atomic E-state index is 0.00802. The highest BCUT2D eigenvalue weighted by atomic mass is 32.1. The number of fused-ring (bicyclic) bond motifs is 2. The summed E-state index contributed by atoms with van der Waals surface area (Å²) in [5.41, 5.74) is 3.79. The van der Waals surface area contributed by atoms with Crippen LogP contribution in [0.4, 0.5) is 4.79 Å². The van der Waals surface area contributed by atoms with Gasteiger partial charge in [-0.1, -0.05) is 0 Å². The van der Waals surface area contributed by atoms with Crippen molar-refractivity contribution in [2.45, 2.75) is 25.9 Å². The first-order chi connectivity index (χ1) is 13.7. The van der Waals surface area contributed by atoms with Crippen molar-refractivity contribution >= 4 is 17.4 Å². The van der Waals surface area contributed by atoms with Gasteiger partial charge in [0.15, 0.2) is 11.5 Å². The zero-order chi connectivity index (χ0) is 19.5. The lowest BCUT2D eigenvalue weighted by Crippen LogP contribution is -2.45. The van der Waals surface area contributed by atoms with Gasteiger partial charge in [0, 0.05) is 44.1 Å². The molecule has 0 spiro atoms. The molecule has 0 saturated heterocycles. The lowest BCUT2D eigenvalue weighted by Gasteiger charge is -2.31. The van der Waals surface area contributed by atoms with Crippen molar-refractivity contribution in [2.24, 2.45) is 0 Å². The predicted octanol–water partition coefficient (Wildman–Crippen LogP) is 2.89. The van der Waals surface area contributed by atoms with Gasteiger partial charge in [0.05, 0.1) is 14.2 Å². The van der Waals surface area contributed by atoms with Gasteiger partial charge in [-0.3, -0.25) is 4.90 Å². The summed E-state index contributed by atoms with van der Waals surface area (Å²) in [5, 5.41) is 5.27. The third-order valence-corrected chi connectivity index (χ3v) is 6.62. The minimum Gasteiger partial charge on any atom is -0.493 e. The summed E-state index contributed by atoms with van der Waals surface area (Å²) in [6, 6.07) is 6.24. The van der Waals surface area contributed by atoms with Crippen molar-refractivity contribution in [3.8, 4) is 11.5 Å². The van der Waals surface area contributed by atoms with E-state index in [2.05, 4.69) is 21.7 Å². The average molecular weight is 402 g/mol. The molecule has 1 N–H and O–H groups in total. The third kappa shape index (κ3) is 3.95. The van der Waals surface area contributed by atoms with E-state index in [1.165, 1.54) is 16.0 Å². The molecule has 0 radical (unpaired) electrons.